The molecule has 21 heavy (non-hydrogen) atoms. The van der Waals surface area contributed by atoms with Crippen LogP contribution < -0.4 is 5.11 Å². The van der Waals surface area contributed by atoms with Crippen molar-refractivity contribution in [1.29, 1.82) is 0 Å². The number of carbonyl (C=O) groups excluding carboxylic acids is 2. The third-order valence-corrected chi connectivity index (χ3v) is 4.22. The largest absolute Gasteiger partial charge is 0.545 e. The van der Waals surface area contributed by atoms with Gasteiger partial charge in [0.2, 0.25) is 0 Å². The van der Waals surface area contributed by atoms with E-state index in [-0.39, 0.29) is 17.1 Å². The molecule has 0 saturated carbocycles. The van der Waals surface area contributed by atoms with Crippen molar-refractivity contribution in [1.82, 2.24) is 0 Å². The maximum Gasteiger partial charge on any atom is 0.173 e. The highest BCUT2D eigenvalue weighted by atomic mass is 32.2. The van der Waals surface area contributed by atoms with Gasteiger partial charge >= 0.3 is 0 Å². The summed E-state index contributed by atoms with van der Waals surface area (Å²) < 4.78 is 0. The number of aryl methyl sites for hydroxylation is 1. The average Bonchev–Trinajstić information content (AvgIpc) is 2.52. The van der Waals surface area contributed by atoms with Crippen LogP contribution in [0.25, 0.3) is 0 Å². The van der Waals surface area contributed by atoms with Crippen molar-refractivity contribution in [2.24, 2.45) is 0 Å². The summed E-state index contributed by atoms with van der Waals surface area (Å²) in [7, 11) is 0. The lowest BCUT2D eigenvalue weighted by molar-refractivity contribution is -0.255. The Morgan fingerprint density at radius 1 is 1.05 bits per heavy atom. The van der Waals surface area contributed by atoms with Crippen LogP contribution in [0.1, 0.15) is 33.2 Å². The first kappa shape index (κ1) is 15.3. The van der Waals surface area contributed by atoms with Crippen molar-refractivity contribution in [3.05, 3.63) is 65.2 Å². The molecule has 0 aliphatic carbocycles. The SMILES string of the molecule is CCc1ccc(C(=O)CSc2ccccc2C(=O)[O-])cc1. The van der Waals surface area contributed by atoms with Crippen molar-refractivity contribution in [3.63, 3.8) is 0 Å². The summed E-state index contributed by atoms with van der Waals surface area (Å²) in [5.41, 5.74) is 1.95. The van der Waals surface area contributed by atoms with Crippen molar-refractivity contribution in [2.45, 2.75) is 18.2 Å². The van der Waals surface area contributed by atoms with Gasteiger partial charge in [-0.15, -0.1) is 11.8 Å². The van der Waals surface area contributed by atoms with Gasteiger partial charge in [0, 0.05) is 16.0 Å². The Kier molecular flexibility index (Phi) is 5.17. The molecule has 2 aromatic carbocycles. The third-order valence-electron chi connectivity index (χ3n) is 3.15. The number of Topliss-reactive ketones (excluding diaryl/α,β-unsaturated/α-hetero) is 1. The van der Waals surface area contributed by atoms with Crippen LogP contribution >= 0.6 is 11.8 Å². The Balaban J connectivity index is 2.05. The molecule has 0 amide bonds. The molecule has 0 aromatic heterocycles. The summed E-state index contributed by atoms with van der Waals surface area (Å²) in [5.74, 6) is -1.04. The molecule has 3 nitrogen and oxygen atoms in total. The Hall–Kier alpha value is -2.07. The highest BCUT2D eigenvalue weighted by Crippen LogP contribution is 2.23. The number of thioether (sulfide) groups is 1. The minimum Gasteiger partial charge on any atom is -0.545 e. The van der Waals surface area contributed by atoms with Gasteiger partial charge in [-0.2, -0.15) is 0 Å². The van der Waals surface area contributed by atoms with Gasteiger partial charge in [0.1, 0.15) is 0 Å². The first-order chi connectivity index (χ1) is 10.1. The van der Waals surface area contributed by atoms with E-state index in [2.05, 4.69) is 6.92 Å². The van der Waals surface area contributed by atoms with Gasteiger partial charge in [-0.1, -0.05) is 49.4 Å². The van der Waals surface area contributed by atoms with Crippen molar-refractivity contribution in [3.8, 4) is 0 Å². The second-order valence-corrected chi connectivity index (χ2v) is 5.56. The normalized spacial score (nSPS) is 10.3. The van der Waals surface area contributed by atoms with Crippen LogP contribution in [0.5, 0.6) is 0 Å². The van der Waals surface area contributed by atoms with E-state index < -0.39 is 5.97 Å². The highest BCUT2D eigenvalue weighted by Gasteiger charge is 2.09. The fourth-order valence-corrected chi connectivity index (χ4v) is 2.85. The zero-order chi connectivity index (χ0) is 15.2. The molecule has 0 heterocycles. The fraction of sp³-hybridized carbons (Fsp3) is 0.176. The first-order valence-electron chi connectivity index (χ1n) is 6.67. The monoisotopic (exact) mass is 299 g/mol. The van der Waals surface area contributed by atoms with E-state index in [0.717, 1.165) is 6.42 Å². The Morgan fingerprint density at radius 3 is 2.33 bits per heavy atom. The number of benzene rings is 2. The molecule has 0 bridgehead atoms. The lowest BCUT2D eigenvalue weighted by atomic mass is 10.1. The molecule has 0 saturated heterocycles. The summed E-state index contributed by atoms with van der Waals surface area (Å²) >= 11 is 1.22. The average molecular weight is 299 g/mol. The van der Waals surface area contributed by atoms with E-state index in [4.69, 9.17) is 0 Å². The lowest BCUT2D eigenvalue weighted by Gasteiger charge is -2.09. The fourth-order valence-electron chi connectivity index (χ4n) is 1.91. The quantitative estimate of drug-likeness (QED) is 0.607. The Labute approximate surface area is 128 Å². The molecule has 108 valence electrons. The van der Waals surface area contributed by atoms with Crippen LogP contribution in [0.4, 0.5) is 0 Å². The second kappa shape index (κ2) is 7.09. The first-order valence-corrected chi connectivity index (χ1v) is 7.65. The smallest absolute Gasteiger partial charge is 0.173 e. The summed E-state index contributed by atoms with van der Waals surface area (Å²) in [6.07, 6.45) is 0.933. The topological polar surface area (TPSA) is 57.2 Å². The second-order valence-electron chi connectivity index (χ2n) is 4.55. The van der Waals surface area contributed by atoms with E-state index in [0.29, 0.717) is 10.5 Å². The molecule has 4 heteroatoms. The summed E-state index contributed by atoms with van der Waals surface area (Å²) in [6.45, 7) is 2.06. The molecule has 0 fully saturated rings. The lowest BCUT2D eigenvalue weighted by Crippen LogP contribution is -2.23. The molecule has 0 unspecified atom stereocenters. The maximum absolute atomic E-state index is 12.1. The summed E-state index contributed by atoms with van der Waals surface area (Å²) in [5, 5.41) is 11.0. The minimum atomic E-state index is -1.22. The van der Waals surface area contributed by atoms with E-state index in [9.17, 15) is 14.7 Å². The number of ketones is 1. The number of carboxylic acid groups (broad SMARTS) is 1. The van der Waals surface area contributed by atoms with E-state index in [1.807, 2.05) is 24.3 Å². The van der Waals surface area contributed by atoms with Crippen molar-refractivity contribution >= 4 is 23.5 Å². The molecule has 0 atom stereocenters. The van der Waals surface area contributed by atoms with Crippen LogP contribution in [0.2, 0.25) is 0 Å². The number of hydrogen-bond donors (Lipinski definition) is 0. The van der Waals surface area contributed by atoms with Gasteiger partial charge in [0.15, 0.2) is 5.78 Å². The number of rotatable bonds is 6. The molecule has 0 aliphatic heterocycles. The predicted octanol–water partition coefficient (Wildman–Crippen LogP) is 2.59. The number of carboxylic acids is 1. The van der Waals surface area contributed by atoms with Crippen LogP contribution in [-0.2, 0) is 6.42 Å². The molecule has 0 radical (unpaired) electrons. The van der Waals surface area contributed by atoms with Crippen molar-refractivity contribution in [2.75, 3.05) is 5.75 Å². The van der Waals surface area contributed by atoms with Gasteiger partial charge in [-0.3, -0.25) is 4.79 Å². The van der Waals surface area contributed by atoms with Gasteiger partial charge < -0.3 is 9.90 Å². The molecular formula is C17H15O3S-. The number of aromatic carboxylic acids is 1. The van der Waals surface area contributed by atoms with Crippen molar-refractivity contribution < 1.29 is 14.7 Å². The van der Waals surface area contributed by atoms with Crippen LogP contribution in [0.15, 0.2) is 53.4 Å². The van der Waals surface area contributed by atoms with Crippen LogP contribution in [-0.4, -0.2) is 17.5 Å². The predicted molar refractivity (Wildman–Crippen MR) is 81.6 cm³/mol. The highest BCUT2D eigenvalue weighted by molar-refractivity contribution is 8.00. The molecule has 0 N–H and O–H groups in total. The molecule has 0 spiro atoms. The molecule has 2 rings (SSSR count). The zero-order valence-electron chi connectivity index (χ0n) is 11.7. The summed E-state index contributed by atoms with van der Waals surface area (Å²) in [6, 6.07) is 14.1. The zero-order valence-corrected chi connectivity index (χ0v) is 12.5. The maximum atomic E-state index is 12.1. The van der Waals surface area contributed by atoms with Gasteiger partial charge in [0.05, 0.1) is 11.7 Å². The number of carbonyl (C=O) groups is 2. The Morgan fingerprint density at radius 2 is 1.71 bits per heavy atom. The van der Waals surface area contributed by atoms with Gasteiger partial charge in [0.25, 0.3) is 0 Å². The van der Waals surface area contributed by atoms with Crippen LogP contribution in [0.3, 0.4) is 0 Å². The third kappa shape index (κ3) is 3.95. The van der Waals surface area contributed by atoms with Crippen LogP contribution in [0, 0.1) is 0 Å². The summed E-state index contributed by atoms with van der Waals surface area (Å²) in [4.78, 5) is 23.7. The number of hydrogen-bond acceptors (Lipinski definition) is 4. The van der Waals surface area contributed by atoms with Gasteiger partial charge in [-0.05, 0) is 18.1 Å². The molecular weight excluding hydrogens is 284 g/mol. The van der Waals surface area contributed by atoms with Gasteiger partial charge in [-0.25, -0.2) is 0 Å². The molecule has 2 aromatic rings. The molecule has 0 aliphatic rings. The standard InChI is InChI=1S/C17H16O3S/c1-2-12-7-9-13(10-8-12)15(18)11-21-16-6-4-3-5-14(16)17(19)20/h3-10H,2,11H2,1H3,(H,19,20)/p-1. The Bertz CT molecular complexity index is 647. The van der Waals surface area contributed by atoms with E-state index in [1.54, 1.807) is 18.2 Å². The van der Waals surface area contributed by atoms with E-state index >= 15 is 0 Å². The van der Waals surface area contributed by atoms with E-state index in [1.165, 1.54) is 23.4 Å². The minimum absolute atomic E-state index is 0.0178.